The van der Waals surface area contributed by atoms with E-state index >= 15 is 0 Å². The lowest BCUT2D eigenvalue weighted by Crippen LogP contribution is -2.32. The molecule has 3 rings (SSSR count). The summed E-state index contributed by atoms with van der Waals surface area (Å²) in [5.41, 5.74) is 3.95. The molecule has 8 heteroatoms. The second-order valence-corrected chi connectivity index (χ2v) is 6.52. The summed E-state index contributed by atoms with van der Waals surface area (Å²) in [6, 6.07) is 9.11. The molecule has 0 aliphatic rings. The van der Waals surface area contributed by atoms with Gasteiger partial charge >= 0.3 is 6.03 Å². The number of rotatable bonds is 6. The quantitative estimate of drug-likeness (QED) is 0.694. The van der Waals surface area contributed by atoms with Crippen molar-refractivity contribution in [3.63, 3.8) is 0 Å². The van der Waals surface area contributed by atoms with Gasteiger partial charge in [-0.25, -0.2) is 4.79 Å². The first kappa shape index (κ1) is 18.6. The lowest BCUT2D eigenvalue weighted by Gasteiger charge is -2.14. The van der Waals surface area contributed by atoms with Gasteiger partial charge in [0.05, 0.1) is 12.2 Å². The zero-order valence-electron chi connectivity index (χ0n) is 16.0. The first-order valence-corrected chi connectivity index (χ1v) is 8.92. The molecule has 0 fully saturated rings. The SMILES string of the molecule is CC[C@@H](NC(=O)Nc1ccc(Cn2nc(C)cc2C)cc1)c1nc(C)no1. The molecule has 1 aromatic carbocycles. The first-order chi connectivity index (χ1) is 12.9. The molecule has 27 heavy (non-hydrogen) atoms. The smallest absolute Gasteiger partial charge is 0.319 e. The van der Waals surface area contributed by atoms with Gasteiger partial charge < -0.3 is 15.2 Å². The molecule has 2 amide bonds. The van der Waals surface area contributed by atoms with Crippen LogP contribution >= 0.6 is 0 Å². The van der Waals surface area contributed by atoms with Crippen molar-refractivity contribution in [2.45, 2.75) is 46.7 Å². The van der Waals surface area contributed by atoms with Crippen LogP contribution in [0.15, 0.2) is 34.9 Å². The molecule has 0 bridgehead atoms. The monoisotopic (exact) mass is 368 g/mol. The van der Waals surface area contributed by atoms with Crippen molar-refractivity contribution >= 4 is 11.7 Å². The molecule has 0 saturated carbocycles. The van der Waals surface area contributed by atoms with Crippen LogP contribution in [0, 0.1) is 20.8 Å². The molecule has 2 heterocycles. The maximum Gasteiger partial charge on any atom is 0.319 e. The minimum absolute atomic E-state index is 0.316. The van der Waals surface area contributed by atoms with Crippen LogP contribution in [0.4, 0.5) is 10.5 Å². The van der Waals surface area contributed by atoms with Crippen LogP contribution in [0.2, 0.25) is 0 Å². The van der Waals surface area contributed by atoms with Crippen LogP contribution in [0.1, 0.15) is 48.1 Å². The Labute approximate surface area is 158 Å². The third-order valence-corrected chi connectivity index (χ3v) is 4.20. The Morgan fingerprint density at radius 1 is 1.22 bits per heavy atom. The minimum Gasteiger partial charge on any atom is -0.337 e. The van der Waals surface area contributed by atoms with Crippen LogP contribution < -0.4 is 10.6 Å². The summed E-state index contributed by atoms with van der Waals surface area (Å²) in [4.78, 5) is 16.4. The number of amides is 2. The second-order valence-electron chi connectivity index (χ2n) is 6.52. The van der Waals surface area contributed by atoms with Crippen molar-refractivity contribution in [3.8, 4) is 0 Å². The highest BCUT2D eigenvalue weighted by atomic mass is 16.5. The van der Waals surface area contributed by atoms with E-state index in [4.69, 9.17) is 4.52 Å². The fourth-order valence-electron chi connectivity index (χ4n) is 2.82. The van der Waals surface area contributed by atoms with E-state index in [0.717, 1.165) is 17.0 Å². The Bertz CT molecular complexity index is 913. The number of carbonyl (C=O) groups excluding carboxylic acids is 1. The maximum atomic E-state index is 12.3. The Morgan fingerprint density at radius 3 is 2.52 bits per heavy atom. The molecule has 2 aromatic heterocycles. The Kier molecular flexibility index (Phi) is 5.54. The molecule has 0 spiro atoms. The molecular formula is C19H24N6O2. The average Bonchev–Trinajstić information content (AvgIpc) is 3.19. The summed E-state index contributed by atoms with van der Waals surface area (Å²) in [5.74, 6) is 0.953. The van der Waals surface area contributed by atoms with Gasteiger partial charge in [0.1, 0.15) is 6.04 Å². The van der Waals surface area contributed by atoms with E-state index in [1.807, 2.05) is 49.7 Å². The van der Waals surface area contributed by atoms with Gasteiger partial charge in [0, 0.05) is 11.4 Å². The van der Waals surface area contributed by atoms with Gasteiger partial charge in [0.2, 0.25) is 5.89 Å². The van der Waals surface area contributed by atoms with E-state index < -0.39 is 0 Å². The molecule has 0 unspecified atom stereocenters. The Hall–Kier alpha value is -3.16. The molecule has 0 saturated heterocycles. The summed E-state index contributed by atoms with van der Waals surface area (Å²) in [6.45, 7) is 8.40. The largest absolute Gasteiger partial charge is 0.337 e. The number of hydrogen-bond donors (Lipinski definition) is 2. The zero-order chi connectivity index (χ0) is 19.4. The topological polar surface area (TPSA) is 97.9 Å². The predicted octanol–water partition coefficient (Wildman–Crippen LogP) is 3.51. The highest BCUT2D eigenvalue weighted by molar-refractivity contribution is 5.89. The molecule has 8 nitrogen and oxygen atoms in total. The number of nitrogens with one attached hydrogen (secondary N) is 2. The molecule has 0 aliphatic carbocycles. The van der Waals surface area contributed by atoms with Gasteiger partial charge in [-0.1, -0.05) is 24.2 Å². The standard InChI is InChI=1S/C19H24N6O2/c1-5-17(18-20-14(4)24-27-18)22-19(26)21-16-8-6-15(7-9-16)11-25-13(3)10-12(2)23-25/h6-10,17H,5,11H2,1-4H3,(H2,21,22,26)/t17-/m1/s1. The van der Waals surface area contributed by atoms with E-state index in [9.17, 15) is 4.79 Å². The average molecular weight is 368 g/mol. The summed E-state index contributed by atoms with van der Waals surface area (Å²) < 4.78 is 7.10. The summed E-state index contributed by atoms with van der Waals surface area (Å²) in [7, 11) is 0. The van der Waals surface area contributed by atoms with Crippen molar-refractivity contribution < 1.29 is 9.32 Å². The second kappa shape index (κ2) is 8.03. The van der Waals surface area contributed by atoms with Crippen LogP contribution in [0.5, 0.6) is 0 Å². The van der Waals surface area contributed by atoms with Gasteiger partial charge in [-0.05, 0) is 51.0 Å². The molecule has 0 aliphatic heterocycles. The number of benzene rings is 1. The third kappa shape index (κ3) is 4.72. The molecule has 0 radical (unpaired) electrons. The van der Waals surface area contributed by atoms with Crippen molar-refractivity contribution in [2.24, 2.45) is 0 Å². The van der Waals surface area contributed by atoms with Crippen molar-refractivity contribution in [2.75, 3.05) is 5.32 Å². The molecule has 2 N–H and O–H groups in total. The summed E-state index contributed by atoms with van der Waals surface area (Å²) in [6.07, 6.45) is 0.649. The van der Waals surface area contributed by atoms with Crippen molar-refractivity contribution in [1.29, 1.82) is 0 Å². The van der Waals surface area contributed by atoms with Crippen LogP contribution in [-0.4, -0.2) is 26.0 Å². The number of hydrogen-bond acceptors (Lipinski definition) is 5. The number of nitrogens with zero attached hydrogens (tertiary/aromatic N) is 4. The number of carbonyl (C=O) groups is 1. The van der Waals surface area contributed by atoms with E-state index in [0.29, 0.717) is 30.4 Å². The highest BCUT2D eigenvalue weighted by Crippen LogP contribution is 2.16. The van der Waals surface area contributed by atoms with Gasteiger partial charge in [-0.15, -0.1) is 0 Å². The number of aromatic nitrogens is 4. The normalized spacial score (nSPS) is 12.0. The van der Waals surface area contributed by atoms with E-state index in [1.54, 1.807) is 6.92 Å². The van der Waals surface area contributed by atoms with Crippen molar-refractivity contribution in [3.05, 3.63) is 59.0 Å². The van der Waals surface area contributed by atoms with Gasteiger partial charge in [-0.3, -0.25) is 4.68 Å². The first-order valence-electron chi connectivity index (χ1n) is 8.92. The lowest BCUT2D eigenvalue weighted by molar-refractivity contribution is 0.243. The maximum absolute atomic E-state index is 12.3. The Balaban J connectivity index is 1.58. The van der Waals surface area contributed by atoms with Gasteiger partial charge in [0.25, 0.3) is 0 Å². The minimum atomic E-state index is -0.323. The number of aryl methyl sites for hydroxylation is 3. The fourth-order valence-corrected chi connectivity index (χ4v) is 2.82. The summed E-state index contributed by atoms with van der Waals surface area (Å²) >= 11 is 0. The van der Waals surface area contributed by atoms with E-state index in [2.05, 4.69) is 31.9 Å². The predicted molar refractivity (Wildman–Crippen MR) is 101 cm³/mol. The molecule has 142 valence electrons. The van der Waals surface area contributed by atoms with Gasteiger partial charge in [-0.2, -0.15) is 10.1 Å². The molecule has 1 atom stereocenters. The highest BCUT2D eigenvalue weighted by Gasteiger charge is 2.18. The number of anilines is 1. The van der Waals surface area contributed by atoms with Crippen LogP contribution in [-0.2, 0) is 6.54 Å². The third-order valence-electron chi connectivity index (χ3n) is 4.20. The zero-order valence-corrected chi connectivity index (χ0v) is 16.0. The van der Waals surface area contributed by atoms with E-state index in [-0.39, 0.29) is 12.1 Å². The fraction of sp³-hybridized carbons (Fsp3) is 0.368. The summed E-state index contributed by atoms with van der Waals surface area (Å²) in [5, 5.41) is 13.9. The van der Waals surface area contributed by atoms with Gasteiger partial charge in [0.15, 0.2) is 5.82 Å². The van der Waals surface area contributed by atoms with Crippen molar-refractivity contribution in [1.82, 2.24) is 25.2 Å². The Morgan fingerprint density at radius 2 is 1.96 bits per heavy atom. The molecular weight excluding hydrogens is 344 g/mol. The lowest BCUT2D eigenvalue weighted by atomic mass is 10.2. The van der Waals surface area contributed by atoms with Crippen LogP contribution in [0.3, 0.4) is 0 Å². The number of urea groups is 1. The molecule has 3 aromatic rings. The van der Waals surface area contributed by atoms with Crippen LogP contribution in [0.25, 0.3) is 0 Å². The van der Waals surface area contributed by atoms with E-state index in [1.165, 1.54) is 0 Å².